The summed E-state index contributed by atoms with van der Waals surface area (Å²) in [4.78, 5) is 8.45. The van der Waals surface area contributed by atoms with Crippen LogP contribution in [-0.4, -0.2) is 14.5 Å². The van der Waals surface area contributed by atoms with Crippen molar-refractivity contribution in [3.63, 3.8) is 0 Å². The van der Waals surface area contributed by atoms with Crippen molar-refractivity contribution >= 4 is 33.0 Å². The van der Waals surface area contributed by atoms with Gasteiger partial charge in [-0.05, 0) is 114 Å². The SMILES string of the molecule is CC(C)c1cccc(C(C)C)c1-n1[c-][n+](-c2c(C(C)C)cccc2C(C)C)c2cccnc21.[Au].[c-]1cccc2c1[nH]c1ccc3c(c12)-c1ccccc1-c1ccccc1-c1ccccc1-3. The first-order valence-corrected chi connectivity index (χ1v) is 22.9. The van der Waals surface area contributed by atoms with Crippen LogP contribution >= 0.6 is 0 Å². The predicted octanol–water partition coefficient (Wildman–Crippen LogP) is 15.7. The number of H-pyrrole nitrogens is 1. The fourth-order valence-corrected chi connectivity index (χ4v) is 10.0. The molecule has 1 radical (unpaired) electrons. The summed E-state index contributed by atoms with van der Waals surface area (Å²) in [7, 11) is 0. The zero-order valence-corrected chi connectivity index (χ0v) is 40.6. The van der Waals surface area contributed by atoms with Crippen molar-refractivity contribution in [1.82, 2.24) is 14.5 Å². The minimum Gasteiger partial charge on any atom is -0.378 e. The Morgan fingerprint density at radius 1 is 0.508 bits per heavy atom. The van der Waals surface area contributed by atoms with Gasteiger partial charge in [0, 0.05) is 34.1 Å². The van der Waals surface area contributed by atoms with Gasteiger partial charge < -0.3 is 4.98 Å². The topological polar surface area (TPSA) is 37.5 Å². The van der Waals surface area contributed by atoms with Crippen molar-refractivity contribution in [3.8, 4) is 55.9 Å². The molecule has 65 heavy (non-hydrogen) atoms. The molecule has 0 aliphatic heterocycles. The Morgan fingerprint density at radius 2 is 1.02 bits per heavy atom. The molecule has 1 N–H and O–H groups in total. The van der Waals surface area contributed by atoms with Crippen LogP contribution in [0.2, 0.25) is 0 Å². The molecule has 1 aliphatic carbocycles. The Balaban J connectivity index is 0.000000162. The predicted molar refractivity (Wildman–Crippen MR) is 268 cm³/mol. The second-order valence-corrected chi connectivity index (χ2v) is 18.4. The van der Waals surface area contributed by atoms with E-state index >= 15 is 0 Å². The number of nitrogens with zero attached hydrogens (tertiary/aromatic N) is 3. The molecule has 4 nitrogen and oxygen atoms in total. The molecule has 11 rings (SSSR count). The number of rotatable bonds is 6. The number of aromatic nitrogens is 4. The molecular weight excluding hydrogens is 974 g/mol. The van der Waals surface area contributed by atoms with Crippen LogP contribution in [0.15, 0.2) is 158 Å². The van der Waals surface area contributed by atoms with Gasteiger partial charge in [0.2, 0.25) is 0 Å². The molecule has 1 aliphatic rings. The maximum atomic E-state index is 4.86. The Kier molecular flexibility index (Phi) is 12.1. The number of nitrogens with one attached hydrogen (secondary N) is 1. The van der Waals surface area contributed by atoms with E-state index in [2.05, 4.69) is 221 Å². The standard InChI is InChI=1S/C30H37N3.C30H18N.Au/c1-19(2)23-12-9-13-24(20(3)4)28(23)32-18-33(30-27(32)16-11-17-31-30)29-25(21(5)6)14-10-15-26(29)22(7)8;1-2-10-20-19(9-1)21-11-3-4-13-23(21)25-17-18-28-30(26-15-7-8-16-27(26)31-28)29(25)24-14-6-5-12-22(20)24;/h9-17,19-22H,1-8H3;1-15,17-18,31H;/q;-1;. The van der Waals surface area contributed by atoms with E-state index in [1.165, 1.54) is 88.9 Å². The van der Waals surface area contributed by atoms with Gasteiger partial charge in [0.15, 0.2) is 5.65 Å². The van der Waals surface area contributed by atoms with E-state index in [1.807, 2.05) is 18.3 Å². The first-order valence-electron chi connectivity index (χ1n) is 22.9. The number of para-hydroxylation sites is 3. The van der Waals surface area contributed by atoms with Crippen LogP contribution in [-0.2, 0) is 22.4 Å². The summed E-state index contributed by atoms with van der Waals surface area (Å²) in [6, 6.07) is 58.1. The van der Waals surface area contributed by atoms with Crippen molar-refractivity contribution in [2.75, 3.05) is 0 Å². The van der Waals surface area contributed by atoms with Gasteiger partial charge in [-0.3, -0.25) is 14.1 Å². The second kappa shape index (κ2) is 17.9. The average Bonchev–Trinajstić information content (AvgIpc) is 3.89. The number of fused-ring (bicyclic) bond motifs is 13. The fraction of sp³-hybridized carbons (Fsp3) is 0.200. The molecule has 7 aromatic carbocycles. The number of benzene rings is 7. The van der Waals surface area contributed by atoms with E-state index in [4.69, 9.17) is 4.98 Å². The smallest absolute Gasteiger partial charge is 0.271 e. The minimum atomic E-state index is 0. The van der Waals surface area contributed by atoms with E-state index in [0.717, 1.165) is 22.2 Å². The first kappa shape index (κ1) is 43.9. The third-order valence-electron chi connectivity index (χ3n) is 13.1. The molecule has 327 valence electrons. The van der Waals surface area contributed by atoms with Gasteiger partial charge >= 0.3 is 0 Å². The molecule has 10 aromatic rings. The molecule has 0 saturated heterocycles. The molecule has 0 fully saturated rings. The Labute approximate surface area is 399 Å². The number of pyridine rings is 1. The summed E-state index contributed by atoms with van der Waals surface area (Å²) in [5.74, 6) is 1.61. The summed E-state index contributed by atoms with van der Waals surface area (Å²) in [6.45, 7) is 18.1. The Hall–Kier alpha value is -6.30. The molecule has 0 atom stereocenters. The van der Waals surface area contributed by atoms with Crippen LogP contribution in [0, 0.1) is 12.4 Å². The number of aromatic amines is 1. The molecule has 0 saturated carbocycles. The van der Waals surface area contributed by atoms with Crippen LogP contribution in [0.5, 0.6) is 0 Å². The van der Waals surface area contributed by atoms with E-state index in [-0.39, 0.29) is 22.4 Å². The van der Waals surface area contributed by atoms with Crippen molar-refractivity contribution < 1.29 is 26.9 Å². The van der Waals surface area contributed by atoms with Gasteiger partial charge in [0.1, 0.15) is 5.52 Å². The molecule has 3 aromatic heterocycles. The van der Waals surface area contributed by atoms with Crippen LogP contribution < -0.4 is 4.57 Å². The molecule has 0 unspecified atom stereocenters. The number of hydrogen-bond acceptors (Lipinski definition) is 1. The molecular formula is C60H55AuN4-. The monoisotopic (exact) mass is 1030 g/mol. The van der Waals surface area contributed by atoms with Gasteiger partial charge in [0.25, 0.3) is 6.33 Å². The van der Waals surface area contributed by atoms with E-state index in [9.17, 15) is 0 Å². The van der Waals surface area contributed by atoms with Gasteiger partial charge in [-0.2, -0.15) is 24.3 Å². The summed E-state index contributed by atoms with van der Waals surface area (Å²) in [5, 5.41) is 2.49. The van der Waals surface area contributed by atoms with Gasteiger partial charge in [-0.25, -0.2) is 0 Å². The number of imidazole rings is 1. The summed E-state index contributed by atoms with van der Waals surface area (Å²) >= 11 is 0. The van der Waals surface area contributed by atoms with Crippen LogP contribution in [0.25, 0.3) is 88.9 Å². The minimum absolute atomic E-state index is 0. The Morgan fingerprint density at radius 3 is 1.57 bits per heavy atom. The quantitative estimate of drug-likeness (QED) is 0.101. The van der Waals surface area contributed by atoms with E-state index in [0.29, 0.717) is 23.7 Å². The molecule has 0 amide bonds. The first-order chi connectivity index (χ1) is 31.1. The third-order valence-corrected chi connectivity index (χ3v) is 13.1. The number of hydrogen-bond donors (Lipinski definition) is 1. The van der Waals surface area contributed by atoms with Crippen LogP contribution in [0.1, 0.15) is 101 Å². The zero-order chi connectivity index (χ0) is 44.2. The molecule has 0 bridgehead atoms. The largest absolute Gasteiger partial charge is 0.378 e. The van der Waals surface area contributed by atoms with Gasteiger partial charge in [-0.1, -0.05) is 176 Å². The molecule has 0 spiro atoms. The fourth-order valence-electron chi connectivity index (χ4n) is 10.0. The van der Waals surface area contributed by atoms with Crippen molar-refractivity contribution in [2.45, 2.75) is 79.1 Å². The Bertz CT molecular complexity index is 3210. The maximum Gasteiger partial charge on any atom is 0.271 e. The summed E-state index contributed by atoms with van der Waals surface area (Å²) < 4.78 is 4.47. The third kappa shape index (κ3) is 7.58. The van der Waals surface area contributed by atoms with E-state index in [1.54, 1.807) is 0 Å². The van der Waals surface area contributed by atoms with Crippen LogP contribution in [0.4, 0.5) is 0 Å². The summed E-state index contributed by atoms with van der Waals surface area (Å²) in [6.07, 6.45) is 5.66. The summed E-state index contributed by atoms with van der Waals surface area (Å²) in [5.41, 5.74) is 22.3. The van der Waals surface area contributed by atoms with Gasteiger partial charge in [-0.15, -0.1) is 5.39 Å². The van der Waals surface area contributed by atoms with Crippen molar-refractivity contribution in [2.24, 2.45) is 0 Å². The van der Waals surface area contributed by atoms with Gasteiger partial charge in [0.05, 0.1) is 11.4 Å². The average molecular weight is 1030 g/mol. The van der Waals surface area contributed by atoms with Crippen molar-refractivity contribution in [1.29, 1.82) is 0 Å². The zero-order valence-electron chi connectivity index (χ0n) is 38.5. The normalized spacial score (nSPS) is 11.8. The second-order valence-electron chi connectivity index (χ2n) is 18.4. The molecule has 3 heterocycles. The van der Waals surface area contributed by atoms with Crippen LogP contribution in [0.3, 0.4) is 0 Å². The van der Waals surface area contributed by atoms with E-state index < -0.39 is 0 Å². The van der Waals surface area contributed by atoms with Crippen molar-refractivity contribution in [3.05, 3.63) is 193 Å². The molecule has 5 heteroatoms. The maximum absolute atomic E-state index is 4.86.